The Kier molecular flexibility index (Phi) is 9.91. The molecule has 236 valence electrons. The van der Waals surface area contributed by atoms with Crippen molar-refractivity contribution in [2.24, 2.45) is 22.7 Å². The molecule has 6 unspecified atom stereocenters. The predicted octanol–water partition coefficient (Wildman–Crippen LogP) is 3.52. The second-order valence-electron chi connectivity index (χ2n) is 14.3. The third kappa shape index (κ3) is 5.87. The minimum atomic E-state index is -0.165. The summed E-state index contributed by atoms with van der Waals surface area (Å²) < 4.78 is 9.40. The summed E-state index contributed by atoms with van der Waals surface area (Å²) in [5, 5.41) is 43.5. The fourth-order valence-corrected chi connectivity index (χ4v) is 10.2. The first-order valence-electron chi connectivity index (χ1n) is 16.2. The Hall–Kier alpha value is -1.33. The van der Waals surface area contributed by atoms with Gasteiger partial charge in [0, 0.05) is 22.7 Å². The number of hydrogen-bond acceptors (Lipinski definition) is 8. The van der Waals surface area contributed by atoms with Gasteiger partial charge in [-0.25, -0.2) is 0 Å². The smallest absolute Gasteiger partial charge is 0.691 e. The van der Waals surface area contributed by atoms with E-state index in [4.69, 9.17) is 4.18 Å². The van der Waals surface area contributed by atoms with Crippen LogP contribution in [-0.4, -0.2) is 27.5 Å². The van der Waals surface area contributed by atoms with Crippen LogP contribution in [0.25, 0.3) is 0 Å². The van der Waals surface area contributed by atoms with E-state index < -0.39 is 0 Å². The van der Waals surface area contributed by atoms with Gasteiger partial charge in [-0.2, -0.15) is 0 Å². The van der Waals surface area contributed by atoms with Crippen molar-refractivity contribution >= 4 is 12.3 Å². The number of allylic oxidation sites excluding steroid dienone is 4. The van der Waals surface area contributed by atoms with Crippen LogP contribution in [0.15, 0.2) is 59.7 Å². The number of rotatable bonds is 4. The van der Waals surface area contributed by atoms with E-state index >= 15 is 0 Å². The van der Waals surface area contributed by atoms with Gasteiger partial charge in [0.15, 0.2) is 0 Å². The van der Waals surface area contributed by atoms with Crippen LogP contribution in [0.4, 0.5) is 0 Å². The van der Waals surface area contributed by atoms with Crippen LogP contribution in [-0.2, 0) is 22.2 Å². The summed E-state index contributed by atoms with van der Waals surface area (Å²) in [5.41, 5.74) is 8.55. The zero-order valence-corrected chi connectivity index (χ0v) is 29.4. The van der Waals surface area contributed by atoms with Crippen LogP contribution in [0.5, 0.6) is 11.5 Å². The van der Waals surface area contributed by atoms with E-state index in [1.165, 1.54) is 27.8 Å². The molecule has 0 aromatic heterocycles. The van der Waals surface area contributed by atoms with Gasteiger partial charge in [-0.3, -0.25) is 5.04 Å². The summed E-state index contributed by atoms with van der Waals surface area (Å²) in [6.07, 6.45) is 14.8. The largest absolute Gasteiger partial charge is 1.00 e. The molecule has 0 amide bonds. The molecule has 0 saturated heterocycles. The minimum absolute atomic E-state index is 0. The topological polar surface area (TPSA) is 111 Å². The van der Waals surface area contributed by atoms with Gasteiger partial charge < -0.3 is 24.8 Å². The monoisotopic (exact) mass is 642 g/mol. The summed E-state index contributed by atoms with van der Waals surface area (Å²) >= 11 is 0.514. The SMILES string of the molecule is CC12CCC3C(=CCc4cc(O)ccc43)C1CC[C@H]2O.CC12CCC3C(=CCc4cc(OSOO[O-])ccc43)C1CC[C@H]2O.[Na+]. The van der Waals surface area contributed by atoms with Crippen LogP contribution in [0.2, 0.25) is 0 Å². The number of aliphatic hydroxyl groups excluding tert-OH is 2. The van der Waals surface area contributed by atoms with Crippen LogP contribution in [0, 0.1) is 22.7 Å². The summed E-state index contributed by atoms with van der Waals surface area (Å²) in [6.45, 7) is 4.53. The average Bonchev–Trinajstić information content (AvgIpc) is 3.51. The van der Waals surface area contributed by atoms with Gasteiger partial charge in [0.1, 0.15) is 11.5 Å². The van der Waals surface area contributed by atoms with Crippen molar-refractivity contribution in [2.45, 2.75) is 102 Å². The van der Waals surface area contributed by atoms with Crippen molar-refractivity contribution in [2.75, 3.05) is 0 Å². The fourth-order valence-electron chi connectivity index (χ4n) is 9.96. The Morgan fingerprint density at radius 1 is 0.756 bits per heavy atom. The number of fused-ring (bicyclic) bond motifs is 10. The number of benzene rings is 2. The molecule has 4 fully saturated rings. The van der Waals surface area contributed by atoms with Gasteiger partial charge in [0.25, 0.3) is 12.3 Å². The zero-order chi connectivity index (χ0) is 30.6. The van der Waals surface area contributed by atoms with E-state index in [2.05, 4.69) is 47.5 Å². The number of aliphatic hydroxyl groups is 2. The Morgan fingerprint density at radius 2 is 1.29 bits per heavy atom. The Labute approximate surface area is 292 Å². The van der Waals surface area contributed by atoms with Crippen molar-refractivity contribution in [3.63, 3.8) is 0 Å². The minimum Gasteiger partial charge on any atom is -0.691 e. The van der Waals surface area contributed by atoms with Gasteiger partial charge in [-0.15, -0.1) is 4.33 Å². The van der Waals surface area contributed by atoms with Crippen molar-refractivity contribution in [3.8, 4) is 11.5 Å². The van der Waals surface area contributed by atoms with E-state index in [9.17, 15) is 20.6 Å². The molecule has 4 saturated carbocycles. The zero-order valence-electron chi connectivity index (χ0n) is 26.5. The van der Waals surface area contributed by atoms with Crippen molar-refractivity contribution in [1.29, 1.82) is 0 Å². The number of phenols is 1. The normalized spacial score (nSPS) is 35.4. The van der Waals surface area contributed by atoms with Crippen LogP contribution in [0.3, 0.4) is 0 Å². The van der Waals surface area contributed by atoms with Crippen molar-refractivity contribution in [1.82, 2.24) is 0 Å². The molecule has 0 heterocycles. The summed E-state index contributed by atoms with van der Waals surface area (Å²) in [5.74, 6) is 3.05. The molecule has 0 aliphatic heterocycles. The molecule has 9 heteroatoms. The van der Waals surface area contributed by atoms with Crippen LogP contribution < -0.4 is 39.0 Å². The summed E-state index contributed by atoms with van der Waals surface area (Å²) in [6, 6.07) is 11.9. The fraction of sp³-hybridized carbons (Fsp3) is 0.556. The second-order valence-corrected chi connectivity index (χ2v) is 14.8. The van der Waals surface area contributed by atoms with E-state index in [0.29, 0.717) is 47.5 Å². The molecule has 0 spiro atoms. The quantitative estimate of drug-likeness (QED) is 0.116. The van der Waals surface area contributed by atoms with Crippen LogP contribution in [0.1, 0.15) is 99.3 Å². The molecular formula is C36H43NaO7S. The predicted molar refractivity (Wildman–Crippen MR) is 166 cm³/mol. The van der Waals surface area contributed by atoms with E-state index in [1.807, 2.05) is 24.3 Å². The molecule has 8 rings (SSSR count). The first-order valence-corrected chi connectivity index (χ1v) is 16.9. The van der Waals surface area contributed by atoms with Gasteiger partial charge in [0.05, 0.1) is 12.2 Å². The average molecular weight is 643 g/mol. The molecule has 2 aromatic rings. The van der Waals surface area contributed by atoms with E-state index in [0.717, 1.165) is 64.2 Å². The standard InChI is InChI=1S/C18H22O5S.C18H22O2.Na/c1-18-9-8-14-13-5-3-12(21-24-23-22-20)10-11(13)2-4-15(14)16(18)6-7-17(18)19;1-18-9-8-14-13-5-3-12(19)10-11(13)2-4-15(14)16(18)6-7-17(18)20;/h3-5,10,14,16-17,19-20H,2,6-9H2,1H3;3-5,10,14,16-17,19-20H,2,6-9H2,1H3;/q;;+1/p-1/t2*14?,16?,17-,18?;/m11./s1. The van der Waals surface area contributed by atoms with Gasteiger partial charge in [-0.1, -0.05) is 49.3 Å². The van der Waals surface area contributed by atoms with Gasteiger partial charge in [-0.05, 0) is 123 Å². The van der Waals surface area contributed by atoms with Crippen molar-refractivity contribution in [3.05, 3.63) is 82.0 Å². The molecule has 7 nitrogen and oxygen atoms in total. The second kappa shape index (κ2) is 13.3. The number of phenolic OH excluding ortho intramolecular Hbond substituents is 1. The van der Waals surface area contributed by atoms with Gasteiger partial charge in [0.2, 0.25) is 0 Å². The van der Waals surface area contributed by atoms with Crippen molar-refractivity contribution < 1.29 is 63.7 Å². The molecule has 45 heavy (non-hydrogen) atoms. The molecule has 6 aliphatic carbocycles. The Balaban J connectivity index is 0.000000158. The Morgan fingerprint density at radius 3 is 1.84 bits per heavy atom. The van der Waals surface area contributed by atoms with E-state index in [-0.39, 0.29) is 52.6 Å². The Bertz CT molecular complexity index is 1480. The molecule has 8 atom stereocenters. The third-order valence-corrected chi connectivity index (χ3v) is 12.8. The third-order valence-electron chi connectivity index (χ3n) is 12.4. The maximum Gasteiger partial charge on any atom is 1.00 e. The van der Waals surface area contributed by atoms with E-state index in [1.54, 1.807) is 5.57 Å². The molecule has 0 bridgehead atoms. The van der Waals surface area contributed by atoms with Crippen LogP contribution >= 0.6 is 12.3 Å². The van der Waals surface area contributed by atoms with Gasteiger partial charge >= 0.3 is 29.6 Å². The first-order chi connectivity index (χ1) is 21.2. The molecule has 6 aliphatic rings. The first kappa shape index (κ1) is 33.6. The summed E-state index contributed by atoms with van der Waals surface area (Å²) in [7, 11) is 0. The summed E-state index contributed by atoms with van der Waals surface area (Å²) in [4.78, 5) is 0. The maximum atomic E-state index is 10.4. The number of hydrogen-bond donors (Lipinski definition) is 3. The maximum absolute atomic E-state index is 10.4. The molecular weight excluding hydrogens is 599 g/mol. The molecule has 3 N–H and O–H groups in total. The molecule has 0 radical (unpaired) electrons. The molecule has 2 aromatic carbocycles. The number of aromatic hydroxyl groups is 1.